The number of nitrogens with zero attached hydrogens (tertiary/aromatic N) is 2. The van der Waals surface area contributed by atoms with E-state index in [9.17, 15) is 23.3 Å². The highest BCUT2D eigenvalue weighted by atomic mass is 32.1. The third-order valence-corrected chi connectivity index (χ3v) is 4.83. The summed E-state index contributed by atoms with van der Waals surface area (Å²) in [6.07, 6.45) is -4.76. The molecule has 0 bridgehead atoms. The molecular formula is C12H9F3N2O3S. The van der Waals surface area contributed by atoms with Gasteiger partial charge in [-0.05, 0) is 24.8 Å². The highest BCUT2D eigenvalue weighted by Gasteiger charge is 2.74. The van der Waals surface area contributed by atoms with Crippen LogP contribution in [0.5, 0.6) is 0 Å². The van der Waals surface area contributed by atoms with Crippen molar-refractivity contribution in [2.24, 2.45) is 0 Å². The lowest BCUT2D eigenvalue weighted by Gasteiger charge is -2.19. The summed E-state index contributed by atoms with van der Waals surface area (Å²) in [5.74, 6) is -1.39. The van der Waals surface area contributed by atoms with Gasteiger partial charge in [-0.15, -0.1) is 11.3 Å². The van der Waals surface area contributed by atoms with E-state index in [1.54, 1.807) is 5.38 Å². The Hall–Kier alpha value is -1.90. The van der Waals surface area contributed by atoms with Gasteiger partial charge in [0.2, 0.25) is 5.76 Å². The molecule has 1 aliphatic rings. The second-order valence-corrected chi connectivity index (χ2v) is 5.89. The van der Waals surface area contributed by atoms with Crippen molar-refractivity contribution in [2.45, 2.75) is 30.9 Å². The lowest BCUT2D eigenvalue weighted by atomic mass is 9.99. The predicted octanol–water partition coefficient (Wildman–Crippen LogP) is 3.94. The number of alkyl halides is 3. The fourth-order valence-electron chi connectivity index (χ4n) is 2.67. The van der Waals surface area contributed by atoms with Crippen LogP contribution in [0.3, 0.4) is 0 Å². The molecule has 0 aliphatic heterocycles. The smallest absolute Gasteiger partial charge is 0.353 e. The van der Waals surface area contributed by atoms with E-state index >= 15 is 0 Å². The van der Waals surface area contributed by atoms with Gasteiger partial charge >= 0.3 is 11.9 Å². The minimum absolute atomic E-state index is 0.0100. The summed E-state index contributed by atoms with van der Waals surface area (Å²) in [4.78, 5) is 10.4. The van der Waals surface area contributed by atoms with Crippen molar-refractivity contribution in [1.29, 1.82) is 0 Å². The summed E-state index contributed by atoms with van der Waals surface area (Å²) >= 11 is 0.987. The van der Waals surface area contributed by atoms with Gasteiger partial charge in [-0.25, -0.2) is 0 Å². The molecule has 3 rings (SSSR count). The lowest BCUT2D eigenvalue weighted by molar-refractivity contribution is -0.386. The highest BCUT2D eigenvalue weighted by Crippen LogP contribution is 2.69. The van der Waals surface area contributed by atoms with E-state index in [1.807, 2.05) is 0 Å². The summed E-state index contributed by atoms with van der Waals surface area (Å²) in [7, 11) is 0. The topological polar surface area (TPSA) is 69.2 Å². The molecule has 0 saturated heterocycles. The van der Waals surface area contributed by atoms with E-state index in [1.165, 1.54) is 19.1 Å². The van der Waals surface area contributed by atoms with Gasteiger partial charge in [-0.2, -0.15) is 13.2 Å². The number of hydrogen-bond donors (Lipinski definition) is 0. The largest absolute Gasteiger partial charge is 0.399 e. The van der Waals surface area contributed by atoms with Crippen molar-refractivity contribution in [2.75, 3.05) is 0 Å². The van der Waals surface area contributed by atoms with Gasteiger partial charge < -0.3 is 4.52 Å². The molecule has 0 spiro atoms. The van der Waals surface area contributed by atoms with E-state index in [-0.39, 0.29) is 22.8 Å². The fourth-order valence-corrected chi connectivity index (χ4v) is 3.68. The Morgan fingerprint density at radius 1 is 1.57 bits per heavy atom. The molecule has 2 heterocycles. The van der Waals surface area contributed by atoms with Crippen LogP contribution in [-0.2, 0) is 5.41 Å². The van der Waals surface area contributed by atoms with Crippen molar-refractivity contribution in [3.05, 3.63) is 44.0 Å². The van der Waals surface area contributed by atoms with Gasteiger partial charge in [0.1, 0.15) is 5.41 Å². The van der Waals surface area contributed by atoms with E-state index in [2.05, 4.69) is 5.16 Å². The van der Waals surface area contributed by atoms with Crippen LogP contribution < -0.4 is 0 Å². The molecule has 1 saturated carbocycles. The van der Waals surface area contributed by atoms with Crippen molar-refractivity contribution in [3.63, 3.8) is 0 Å². The summed E-state index contributed by atoms with van der Waals surface area (Å²) in [5, 5.41) is 16.0. The van der Waals surface area contributed by atoms with Crippen molar-refractivity contribution in [1.82, 2.24) is 5.16 Å². The summed E-state index contributed by atoms with van der Waals surface area (Å²) in [5.41, 5.74) is -2.57. The van der Waals surface area contributed by atoms with Gasteiger partial charge in [0.25, 0.3) is 0 Å². The molecule has 2 atom stereocenters. The van der Waals surface area contributed by atoms with Crippen LogP contribution >= 0.6 is 11.3 Å². The minimum Gasteiger partial charge on any atom is -0.353 e. The maximum absolute atomic E-state index is 13.5. The number of halogens is 3. The Balaban J connectivity index is 2.09. The first kappa shape index (κ1) is 14.1. The Morgan fingerprint density at radius 3 is 2.81 bits per heavy atom. The summed E-state index contributed by atoms with van der Waals surface area (Å²) < 4.78 is 45.4. The maximum atomic E-state index is 13.5. The molecule has 1 aliphatic carbocycles. The molecule has 112 valence electrons. The third-order valence-electron chi connectivity index (χ3n) is 3.78. The Labute approximate surface area is 120 Å². The first-order chi connectivity index (χ1) is 9.79. The number of thiophene rings is 1. The van der Waals surface area contributed by atoms with Gasteiger partial charge in [-0.3, -0.25) is 10.1 Å². The van der Waals surface area contributed by atoms with Gasteiger partial charge in [0, 0.05) is 10.8 Å². The highest BCUT2D eigenvalue weighted by molar-refractivity contribution is 7.10. The molecule has 0 N–H and O–H groups in total. The average molecular weight is 318 g/mol. The number of rotatable bonds is 3. The van der Waals surface area contributed by atoms with Crippen LogP contribution in [0.1, 0.15) is 28.7 Å². The van der Waals surface area contributed by atoms with Crippen molar-refractivity contribution < 1.29 is 22.6 Å². The first-order valence-electron chi connectivity index (χ1n) is 6.00. The Bertz CT molecular complexity index is 695. The van der Waals surface area contributed by atoms with E-state index in [4.69, 9.17) is 4.52 Å². The normalized spacial score (nSPS) is 25.0. The fraction of sp³-hybridized carbons (Fsp3) is 0.417. The SMILES string of the molecule is Cc1noc(C2CC2(c2cccs2)C(F)(F)F)c1[N+](=O)[O-]. The molecule has 1 fully saturated rings. The average Bonchev–Trinajstić information content (AvgIpc) is 2.76. The quantitative estimate of drug-likeness (QED) is 0.635. The zero-order valence-corrected chi connectivity index (χ0v) is 11.5. The molecule has 21 heavy (non-hydrogen) atoms. The first-order valence-corrected chi connectivity index (χ1v) is 6.88. The molecule has 2 aromatic heterocycles. The maximum Gasteiger partial charge on any atom is 0.399 e. The van der Waals surface area contributed by atoms with Crippen molar-refractivity contribution in [3.8, 4) is 0 Å². The number of nitro groups is 1. The third kappa shape index (κ3) is 1.87. The van der Waals surface area contributed by atoms with Crippen LogP contribution in [0.15, 0.2) is 22.0 Å². The minimum atomic E-state index is -4.50. The number of aryl methyl sites for hydroxylation is 1. The summed E-state index contributed by atoms with van der Waals surface area (Å²) in [6.45, 7) is 1.34. The van der Waals surface area contributed by atoms with Gasteiger partial charge in [-0.1, -0.05) is 11.2 Å². The Morgan fingerprint density at radius 2 is 2.29 bits per heavy atom. The number of hydrogen-bond acceptors (Lipinski definition) is 5. The van der Waals surface area contributed by atoms with Gasteiger partial charge in [0.15, 0.2) is 5.69 Å². The van der Waals surface area contributed by atoms with E-state index in [0.29, 0.717) is 0 Å². The molecule has 0 aromatic carbocycles. The van der Waals surface area contributed by atoms with Crippen LogP contribution in [0, 0.1) is 17.0 Å². The van der Waals surface area contributed by atoms with E-state index < -0.39 is 28.1 Å². The zero-order chi connectivity index (χ0) is 15.4. The molecule has 0 radical (unpaired) electrons. The molecule has 0 amide bonds. The standard InChI is InChI=1S/C12H9F3N2O3S/c1-6-9(17(18)19)10(20-16-6)7-5-11(7,12(13,14)15)8-3-2-4-21-8/h2-4,7H,5H2,1H3. The number of aromatic nitrogens is 1. The second-order valence-electron chi connectivity index (χ2n) is 4.94. The molecule has 2 unspecified atom stereocenters. The summed E-state index contributed by atoms with van der Waals surface area (Å²) in [6, 6.07) is 2.93. The lowest BCUT2D eigenvalue weighted by Crippen LogP contribution is -2.29. The zero-order valence-electron chi connectivity index (χ0n) is 10.7. The molecule has 9 heteroatoms. The monoisotopic (exact) mass is 318 g/mol. The van der Waals surface area contributed by atoms with Crippen LogP contribution in [0.2, 0.25) is 0 Å². The van der Waals surface area contributed by atoms with Crippen LogP contribution in [-0.4, -0.2) is 16.3 Å². The Kier molecular flexibility index (Phi) is 2.88. The van der Waals surface area contributed by atoms with E-state index in [0.717, 1.165) is 11.3 Å². The predicted molar refractivity (Wildman–Crippen MR) is 67.3 cm³/mol. The van der Waals surface area contributed by atoms with Crippen LogP contribution in [0.25, 0.3) is 0 Å². The van der Waals surface area contributed by atoms with Gasteiger partial charge in [0.05, 0.1) is 4.92 Å². The molecule has 5 nitrogen and oxygen atoms in total. The second kappa shape index (κ2) is 4.30. The van der Waals surface area contributed by atoms with Crippen LogP contribution in [0.4, 0.5) is 18.9 Å². The molecular weight excluding hydrogens is 309 g/mol. The van der Waals surface area contributed by atoms with Crippen molar-refractivity contribution >= 4 is 17.0 Å². The molecule has 2 aromatic rings.